The van der Waals surface area contributed by atoms with E-state index in [0.717, 1.165) is 44.9 Å². The SMILES string of the molecule is CCCCCC/C=C\CCCCCCCC(=O)OCCCCCCCCCCCCCC/C=C\CCCCCCCCCCCCCCCCCCCC(=O)NC(CO)C(O)/C=C/CCCCCCCCCCCCCC. The Bertz CT molecular complexity index is 1250. The lowest BCUT2D eigenvalue weighted by Crippen LogP contribution is -2.45. The number of nitrogens with one attached hydrogen (secondary N) is 1. The van der Waals surface area contributed by atoms with Gasteiger partial charge in [-0.3, -0.25) is 9.59 Å². The van der Waals surface area contributed by atoms with Gasteiger partial charge >= 0.3 is 5.97 Å². The summed E-state index contributed by atoms with van der Waals surface area (Å²) in [6, 6.07) is -0.625. The Morgan fingerprint density at radius 1 is 0.351 bits per heavy atom. The van der Waals surface area contributed by atoms with Crippen LogP contribution in [0.4, 0.5) is 0 Å². The quantitative estimate of drug-likeness (QED) is 0.0320. The lowest BCUT2D eigenvalue weighted by Gasteiger charge is -2.20. The molecule has 0 rings (SSSR count). The number of allylic oxidation sites excluding steroid dienone is 5. The van der Waals surface area contributed by atoms with Gasteiger partial charge in [0.05, 0.1) is 25.4 Å². The van der Waals surface area contributed by atoms with E-state index in [9.17, 15) is 19.8 Å². The maximum atomic E-state index is 12.5. The molecule has 0 heterocycles. The Morgan fingerprint density at radius 3 is 0.935 bits per heavy atom. The van der Waals surface area contributed by atoms with E-state index in [-0.39, 0.29) is 18.5 Å². The number of carbonyl (C=O) groups is 2. The van der Waals surface area contributed by atoms with Crippen LogP contribution in [0.25, 0.3) is 0 Å². The fourth-order valence-corrected chi connectivity index (χ4v) is 10.8. The first kappa shape index (κ1) is 75.1. The van der Waals surface area contributed by atoms with Gasteiger partial charge in [-0.25, -0.2) is 0 Å². The van der Waals surface area contributed by atoms with Crippen LogP contribution in [0.5, 0.6) is 0 Å². The van der Waals surface area contributed by atoms with Crippen LogP contribution in [0.15, 0.2) is 36.5 Å². The van der Waals surface area contributed by atoms with E-state index in [1.165, 1.54) is 308 Å². The zero-order valence-corrected chi connectivity index (χ0v) is 52.0. The van der Waals surface area contributed by atoms with Gasteiger partial charge in [0.25, 0.3) is 0 Å². The molecule has 454 valence electrons. The molecule has 0 saturated carbocycles. The molecule has 0 aliphatic rings. The molecule has 6 nitrogen and oxygen atoms in total. The van der Waals surface area contributed by atoms with Crippen molar-refractivity contribution in [1.82, 2.24) is 5.32 Å². The number of rotatable bonds is 65. The van der Waals surface area contributed by atoms with Gasteiger partial charge in [0.15, 0.2) is 0 Å². The summed E-state index contributed by atoms with van der Waals surface area (Å²) in [6.45, 7) is 4.91. The van der Waals surface area contributed by atoms with Crippen LogP contribution in [-0.2, 0) is 14.3 Å². The predicted molar refractivity (Wildman–Crippen MR) is 338 cm³/mol. The number of hydrogen-bond acceptors (Lipinski definition) is 5. The van der Waals surface area contributed by atoms with Crippen molar-refractivity contribution < 1.29 is 24.5 Å². The third-order valence-electron chi connectivity index (χ3n) is 16.1. The van der Waals surface area contributed by atoms with Crippen LogP contribution in [-0.4, -0.2) is 47.4 Å². The lowest BCUT2D eigenvalue weighted by atomic mass is 10.0. The third kappa shape index (κ3) is 63.1. The Hall–Kier alpha value is -1.92. The van der Waals surface area contributed by atoms with Crippen LogP contribution >= 0.6 is 0 Å². The standard InChI is InChI=1S/C71H135NO5/c1-3-5-7-9-11-13-15-17-40-43-47-51-55-59-63-69(74)68(67-73)72-70(75)64-60-56-52-48-44-41-37-35-33-31-29-27-25-23-21-19-18-20-22-24-26-28-30-32-34-36-38-42-46-50-54-58-62-66-77-71(76)65-61-57-53-49-45-39-16-14-12-10-8-6-4-2/h14,16,22,24,59,63,68-69,73-74H,3-13,15,17-21,23,25-58,60-62,64-67H2,1-2H3,(H,72,75)/b16-14-,24-22-,63-59+. The summed E-state index contributed by atoms with van der Waals surface area (Å²) in [5.41, 5.74) is 0. The third-order valence-corrected chi connectivity index (χ3v) is 16.1. The minimum atomic E-state index is -0.842. The Labute approximate surface area is 481 Å². The maximum absolute atomic E-state index is 12.5. The first-order chi connectivity index (χ1) is 38.0. The number of aliphatic hydroxyl groups excluding tert-OH is 2. The van der Waals surface area contributed by atoms with Gasteiger partial charge in [-0.05, 0) is 83.5 Å². The minimum Gasteiger partial charge on any atom is -0.466 e. The summed E-state index contributed by atoms with van der Waals surface area (Å²) in [6.07, 6.45) is 85.1. The fourth-order valence-electron chi connectivity index (χ4n) is 10.8. The van der Waals surface area contributed by atoms with Crippen molar-refractivity contribution >= 4 is 11.9 Å². The highest BCUT2D eigenvalue weighted by Gasteiger charge is 2.18. The van der Waals surface area contributed by atoms with Crippen LogP contribution in [0.2, 0.25) is 0 Å². The van der Waals surface area contributed by atoms with E-state index >= 15 is 0 Å². The highest BCUT2D eigenvalue weighted by molar-refractivity contribution is 5.76. The molecule has 0 aromatic heterocycles. The monoisotopic (exact) mass is 1080 g/mol. The first-order valence-corrected chi connectivity index (χ1v) is 34.8. The average molecular weight is 1080 g/mol. The molecule has 0 aromatic carbocycles. The topological polar surface area (TPSA) is 95.9 Å². The second-order valence-electron chi connectivity index (χ2n) is 23.9. The van der Waals surface area contributed by atoms with E-state index in [0.29, 0.717) is 19.4 Å². The molecule has 2 unspecified atom stereocenters. The average Bonchev–Trinajstić information content (AvgIpc) is 3.43. The zero-order chi connectivity index (χ0) is 55.7. The van der Waals surface area contributed by atoms with E-state index in [4.69, 9.17) is 4.74 Å². The number of esters is 1. The predicted octanol–water partition coefficient (Wildman–Crippen LogP) is 22.3. The van der Waals surface area contributed by atoms with Crippen molar-refractivity contribution in [1.29, 1.82) is 0 Å². The molecule has 0 spiro atoms. The summed E-state index contributed by atoms with van der Waals surface area (Å²) in [5, 5.41) is 23.1. The molecule has 2 atom stereocenters. The molecule has 1 amide bonds. The minimum absolute atomic E-state index is 0.00932. The van der Waals surface area contributed by atoms with Crippen LogP contribution in [0.1, 0.15) is 380 Å². The van der Waals surface area contributed by atoms with Gasteiger partial charge in [0, 0.05) is 12.8 Å². The largest absolute Gasteiger partial charge is 0.466 e. The van der Waals surface area contributed by atoms with Gasteiger partial charge in [0.1, 0.15) is 0 Å². The molecular formula is C71H135NO5. The maximum Gasteiger partial charge on any atom is 0.305 e. The van der Waals surface area contributed by atoms with Crippen molar-refractivity contribution in [2.45, 2.75) is 392 Å². The second-order valence-corrected chi connectivity index (χ2v) is 23.9. The molecule has 3 N–H and O–H groups in total. The number of hydrogen-bond donors (Lipinski definition) is 3. The summed E-state index contributed by atoms with van der Waals surface area (Å²) in [7, 11) is 0. The van der Waals surface area contributed by atoms with E-state index in [1.54, 1.807) is 6.08 Å². The van der Waals surface area contributed by atoms with Crippen molar-refractivity contribution in [3.63, 3.8) is 0 Å². The van der Waals surface area contributed by atoms with Gasteiger partial charge in [0.2, 0.25) is 5.91 Å². The summed E-state index contributed by atoms with van der Waals surface area (Å²) in [5.74, 6) is -0.0540. The smallest absolute Gasteiger partial charge is 0.305 e. The van der Waals surface area contributed by atoms with E-state index in [1.807, 2.05) is 6.08 Å². The molecule has 0 radical (unpaired) electrons. The molecule has 77 heavy (non-hydrogen) atoms. The molecule has 0 saturated heterocycles. The first-order valence-electron chi connectivity index (χ1n) is 34.8. The zero-order valence-electron chi connectivity index (χ0n) is 52.0. The van der Waals surface area contributed by atoms with Gasteiger partial charge < -0.3 is 20.3 Å². The molecule has 0 aliphatic heterocycles. The van der Waals surface area contributed by atoms with Crippen LogP contribution in [0.3, 0.4) is 0 Å². The van der Waals surface area contributed by atoms with Crippen LogP contribution in [0, 0.1) is 0 Å². The van der Waals surface area contributed by atoms with Gasteiger partial charge in [-0.1, -0.05) is 320 Å². The van der Waals surface area contributed by atoms with E-state index in [2.05, 4.69) is 43.5 Å². The molecule has 6 heteroatoms. The van der Waals surface area contributed by atoms with E-state index < -0.39 is 12.1 Å². The van der Waals surface area contributed by atoms with Crippen LogP contribution < -0.4 is 5.32 Å². The Morgan fingerprint density at radius 2 is 0.610 bits per heavy atom. The van der Waals surface area contributed by atoms with Crippen molar-refractivity contribution in [2.24, 2.45) is 0 Å². The highest BCUT2D eigenvalue weighted by Crippen LogP contribution is 2.18. The number of unbranched alkanes of at least 4 members (excludes halogenated alkanes) is 50. The van der Waals surface area contributed by atoms with Crippen molar-refractivity contribution in [3.05, 3.63) is 36.5 Å². The normalized spacial score (nSPS) is 12.7. The summed E-state index contributed by atoms with van der Waals surface area (Å²) >= 11 is 0. The van der Waals surface area contributed by atoms with Crippen molar-refractivity contribution in [3.8, 4) is 0 Å². The van der Waals surface area contributed by atoms with Gasteiger partial charge in [-0.15, -0.1) is 0 Å². The molecule has 0 aromatic rings. The number of ether oxygens (including phenoxy) is 1. The molecule has 0 aliphatic carbocycles. The summed E-state index contributed by atoms with van der Waals surface area (Å²) < 4.78 is 5.48. The molecular weight excluding hydrogens is 947 g/mol. The summed E-state index contributed by atoms with van der Waals surface area (Å²) in [4.78, 5) is 24.5. The number of carbonyl (C=O) groups excluding carboxylic acids is 2. The van der Waals surface area contributed by atoms with Crippen molar-refractivity contribution in [2.75, 3.05) is 13.2 Å². The number of aliphatic hydroxyl groups is 2. The Kier molecular flexibility index (Phi) is 64.9. The molecule has 0 bridgehead atoms. The molecule has 0 fully saturated rings. The lowest BCUT2D eigenvalue weighted by molar-refractivity contribution is -0.143. The fraction of sp³-hybridized carbons (Fsp3) is 0.887. The Balaban J connectivity index is 3.36. The second kappa shape index (κ2) is 66.6. The number of amides is 1. The van der Waals surface area contributed by atoms with Gasteiger partial charge in [-0.2, -0.15) is 0 Å². The highest BCUT2D eigenvalue weighted by atomic mass is 16.5.